The first-order chi connectivity index (χ1) is 9.33. The molecule has 0 spiro atoms. The Morgan fingerprint density at radius 3 is 2.53 bits per heavy atom. The van der Waals surface area contributed by atoms with Crippen LogP contribution in [0.1, 0.15) is 32.3 Å². The highest BCUT2D eigenvalue weighted by molar-refractivity contribution is 7.99. The minimum absolute atomic E-state index is 0.709. The molecule has 2 nitrogen and oxygen atoms in total. The molecule has 1 fully saturated rings. The maximum absolute atomic E-state index is 3.68. The molecular formula is C16H26N2S. The number of rotatable bonds is 6. The highest BCUT2D eigenvalue weighted by Gasteiger charge is 2.12. The second kappa shape index (κ2) is 7.81. The summed E-state index contributed by atoms with van der Waals surface area (Å²) in [5, 5.41) is 3.68. The Kier molecular flexibility index (Phi) is 6.05. The lowest BCUT2D eigenvalue weighted by molar-refractivity contribution is 0.507. The molecule has 0 radical (unpaired) electrons. The van der Waals surface area contributed by atoms with Crippen molar-refractivity contribution >= 4 is 17.4 Å². The van der Waals surface area contributed by atoms with Crippen molar-refractivity contribution in [2.45, 2.75) is 39.3 Å². The summed E-state index contributed by atoms with van der Waals surface area (Å²) < 4.78 is 0. The van der Waals surface area contributed by atoms with E-state index in [-0.39, 0.29) is 0 Å². The van der Waals surface area contributed by atoms with Gasteiger partial charge in [0.25, 0.3) is 0 Å². The van der Waals surface area contributed by atoms with Crippen LogP contribution in [0.4, 0.5) is 5.69 Å². The minimum atomic E-state index is 0.709. The molecule has 0 aliphatic carbocycles. The number of nitrogens with zero attached hydrogens (tertiary/aromatic N) is 1. The number of anilines is 1. The molecule has 0 bridgehead atoms. The molecule has 19 heavy (non-hydrogen) atoms. The predicted molar refractivity (Wildman–Crippen MR) is 87.2 cm³/mol. The van der Waals surface area contributed by atoms with Crippen LogP contribution in [0.2, 0.25) is 0 Å². The average molecular weight is 278 g/mol. The van der Waals surface area contributed by atoms with Crippen molar-refractivity contribution in [3.05, 3.63) is 29.8 Å². The Labute approximate surface area is 122 Å². The molecule has 1 unspecified atom stereocenters. The molecule has 1 aromatic rings. The van der Waals surface area contributed by atoms with Gasteiger partial charge in [0.2, 0.25) is 0 Å². The van der Waals surface area contributed by atoms with E-state index < -0.39 is 0 Å². The second-order valence-corrected chi connectivity index (χ2v) is 6.28. The van der Waals surface area contributed by atoms with Crippen molar-refractivity contribution in [1.29, 1.82) is 0 Å². The average Bonchev–Trinajstić information content (AvgIpc) is 2.49. The van der Waals surface area contributed by atoms with Gasteiger partial charge >= 0.3 is 0 Å². The van der Waals surface area contributed by atoms with Crippen LogP contribution < -0.4 is 10.2 Å². The minimum Gasteiger partial charge on any atom is -0.372 e. The summed E-state index contributed by atoms with van der Waals surface area (Å²) in [6.07, 6.45) is 2.70. The molecular weight excluding hydrogens is 252 g/mol. The maximum Gasteiger partial charge on any atom is 0.0366 e. The summed E-state index contributed by atoms with van der Waals surface area (Å²) in [4.78, 5) is 2.38. The maximum atomic E-state index is 3.68. The summed E-state index contributed by atoms with van der Waals surface area (Å²) in [6.45, 7) is 7.57. The zero-order chi connectivity index (χ0) is 13.5. The molecule has 1 saturated heterocycles. The van der Waals surface area contributed by atoms with Crippen LogP contribution in [0.15, 0.2) is 24.3 Å². The molecule has 1 aliphatic heterocycles. The molecule has 106 valence electrons. The first-order valence-corrected chi connectivity index (χ1v) is 8.64. The largest absolute Gasteiger partial charge is 0.372 e. The quantitative estimate of drug-likeness (QED) is 0.857. The Balaban J connectivity index is 1.84. The third kappa shape index (κ3) is 4.43. The monoisotopic (exact) mass is 278 g/mol. The van der Waals surface area contributed by atoms with Crippen molar-refractivity contribution in [3.8, 4) is 0 Å². The van der Waals surface area contributed by atoms with Crippen LogP contribution in [-0.2, 0) is 6.54 Å². The van der Waals surface area contributed by atoms with E-state index in [1.54, 1.807) is 0 Å². The number of benzene rings is 1. The number of nitrogens with one attached hydrogen (secondary N) is 1. The zero-order valence-electron chi connectivity index (χ0n) is 12.2. The van der Waals surface area contributed by atoms with E-state index in [1.807, 2.05) is 0 Å². The van der Waals surface area contributed by atoms with Crippen LogP contribution in [-0.4, -0.2) is 30.6 Å². The summed E-state index contributed by atoms with van der Waals surface area (Å²) in [5.74, 6) is 2.62. The number of hydrogen-bond acceptors (Lipinski definition) is 3. The molecule has 2 rings (SSSR count). The van der Waals surface area contributed by atoms with Crippen molar-refractivity contribution in [3.63, 3.8) is 0 Å². The fraction of sp³-hybridized carbons (Fsp3) is 0.625. The third-order valence-corrected chi connectivity index (χ3v) is 5.04. The van der Waals surface area contributed by atoms with Gasteiger partial charge in [0.15, 0.2) is 0 Å². The molecule has 0 saturated carbocycles. The van der Waals surface area contributed by atoms with Gasteiger partial charge in [0.05, 0.1) is 0 Å². The molecule has 1 heterocycles. The first-order valence-electron chi connectivity index (χ1n) is 7.48. The van der Waals surface area contributed by atoms with Crippen molar-refractivity contribution in [2.75, 3.05) is 29.5 Å². The normalized spacial score (nSPS) is 19.4. The van der Waals surface area contributed by atoms with Crippen molar-refractivity contribution < 1.29 is 0 Å². The summed E-state index contributed by atoms with van der Waals surface area (Å²) >= 11 is 2.08. The molecule has 1 aromatic carbocycles. The van der Waals surface area contributed by atoms with Gasteiger partial charge in [-0.2, -0.15) is 11.8 Å². The van der Waals surface area contributed by atoms with Gasteiger partial charge in [-0.3, -0.25) is 0 Å². The lowest BCUT2D eigenvalue weighted by Crippen LogP contribution is -2.33. The molecule has 0 aromatic heterocycles. The van der Waals surface area contributed by atoms with E-state index in [4.69, 9.17) is 0 Å². The van der Waals surface area contributed by atoms with Crippen LogP contribution in [0.5, 0.6) is 0 Å². The van der Waals surface area contributed by atoms with Crippen LogP contribution in [0, 0.1) is 0 Å². The van der Waals surface area contributed by atoms with Gasteiger partial charge in [-0.05, 0) is 50.1 Å². The highest BCUT2D eigenvalue weighted by atomic mass is 32.2. The van der Waals surface area contributed by atoms with Crippen molar-refractivity contribution in [2.24, 2.45) is 0 Å². The number of thioether (sulfide) groups is 1. The molecule has 0 amide bonds. The summed E-state index contributed by atoms with van der Waals surface area (Å²) in [6, 6.07) is 9.73. The Bertz CT molecular complexity index is 354. The van der Waals surface area contributed by atoms with Gasteiger partial charge in [0.1, 0.15) is 0 Å². The standard InChI is InChI=1S/C16H26N2S/c1-3-18(4-2)16-9-7-14(8-10-16)12-17-15-6-5-11-19-13-15/h7-10,15,17H,3-6,11-13H2,1-2H3. The SMILES string of the molecule is CCN(CC)c1ccc(CNC2CCCSC2)cc1. The van der Waals surface area contributed by atoms with Gasteiger partial charge in [0, 0.05) is 37.1 Å². The van der Waals surface area contributed by atoms with Gasteiger partial charge in [-0.25, -0.2) is 0 Å². The van der Waals surface area contributed by atoms with E-state index in [2.05, 4.69) is 60.1 Å². The topological polar surface area (TPSA) is 15.3 Å². The second-order valence-electron chi connectivity index (χ2n) is 5.13. The molecule has 1 atom stereocenters. The van der Waals surface area contributed by atoms with Crippen molar-refractivity contribution in [1.82, 2.24) is 5.32 Å². The molecule has 1 N–H and O–H groups in total. The summed E-state index contributed by atoms with van der Waals surface area (Å²) in [7, 11) is 0. The van der Waals surface area contributed by atoms with Gasteiger partial charge < -0.3 is 10.2 Å². The molecule has 1 aliphatic rings. The van der Waals surface area contributed by atoms with E-state index in [9.17, 15) is 0 Å². The summed E-state index contributed by atoms with van der Waals surface area (Å²) in [5.41, 5.74) is 2.73. The van der Waals surface area contributed by atoms with Gasteiger partial charge in [-0.15, -0.1) is 0 Å². The van der Waals surface area contributed by atoms with Crippen LogP contribution in [0.25, 0.3) is 0 Å². The fourth-order valence-corrected chi connectivity index (χ4v) is 3.68. The van der Waals surface area contributed by atoms with E-state index in [0.29, 0.717) is 6.04 Å². The Morgan fingerprint density at radius 2 is 1.95 bits per heavy atom. The number of hydrogen-bond donors (Lipinski definition) is 1. The van der Waals surface area contributed by atoms with Gasteiger partial charge in [-0.1, -0.05) is 12.1 Å². The smallest absolute Gasteiger partial charge is 0.0366 e. The lowest BCUT2D eigenvalue weighted by Gasteiger charge is -2.23. The first kappa shape index (κ1) is 14.7. The Hall–Kier alpha value is -0.670. The van der Waals surface area contributed by atoms with E-state index in [0.717, 1.165) is 19.6 Å². The third-order valence-electron chi connectivity index (χ3n) is 3.82. The van der Waals surface area contributed by atoms with Crippen LogP contribution >= 0.6 is 11.8 Å². The zero-order valence-corrected chi connectivity index (χ0v) is 13.0. The highest BCUT2D eigenvalue weighted by Crippen LogP contribution is 2.18. The lowest BCUT2D eigenvalue weighted by atomic mass is 10.1. The predicted octanol–water partition coefficient (Wildman–Crippen LogP) is 3.52. The van der Waals surface area contributed by atoms with E-state index in [1.165, 1.54) is 35.6 Å². The van der Waals surface area contributed by atoms with E-state index >= 15 is 0 Å². The fourth-order valence-electron chi connectivity index (χ4n) is 2.58. The molecule has 3 heteroatoms. The van der Waals surface area contributed by atoms with Crippen LogP contribution in [0.3, 0.4) is 0 Å². The Morgan fingerprint density at radius 1 is 1.21 bits per heavy atom.